The molecule has 2 aliphatic heterocycles. The highest BCUT2D eigenvalue weighted by atomic mass is 32.2. The largest absolute Gasteiger partial charge is 0.342 e. The highest BCUT2D eigenvalue weighted by Crippen LogP contribution is 2.24. The Morgan fingerprint density at radius 3 is 2.35 bits per heavy atom. The Kier molecular flexibility index (Phi) is 6.77. The molecule has 1 aromatic heterocycles. The SMILES string of the molecule is CCS(=O)(=O)c1ncc(CN2CCC(C(=O)N3CCCC3)CC2)n1Cc1ccccc1. The van der Waals surface area contributed by atoms with E-state index in [1.54, 1.807) is 13.1 Å². The molecule has 0 aliphatic carbocycles. The molecule has 0 atom stereocenters. The van der Waals surface area contributed by atoms with Gasteiger partial charge in [0.15, 0.2) is 0 Å². The summed E-state index contributed by atoms with van der Waals surface area (Å²) in [5, 5.41) is 0.146. The van der Waals surface area contributed by atoms with Crippen LogP contribution in [0.3, 0.4) is 0 Å². The lowest BCUT2D eigenvalue weighted by Crippen LogP contribution is -2.41. The number of carbonyl (C=O) groups is 1. The van der Waals surface area contributed by atoms with Gasteiger partial charge in [-0.25, -0.2) is 13.4 Å². The number of benzene rings is 1. The van der Waals surface area contributed by atoms with E-state index in [0.717, 1.165) is 63.1 Å². The maximum absolute atomic E-state index is 12.7. The van der Waals surface area contributed by atoms with Crippen molar-refractivity contribution in [2.75, 3.05) is 31.9 Å². The second kappa shape index (κ2) is 9.53. The third kappa shape index (κ3) is 5.01. The van der Waals surface area contributed by atoms with Gasteiger partial charge in [0.05, 0.1) is 24.2 Å². The van der Waals surface area contributed by atoms with E-state index < -0.39 is 9.84 Å². The van der Waals surface area contributed by atoms with Gasteiger partial charge in [0.1, 0.15) is 0 Å². The molecule has 7 nitrogen and oxygen atoms in total. The zero-order valence-electron chi connectivity index (χ0n) is 18.2. The van der Waals surface area contributed by atoms with Gasteiger partial charge in [-0.1, -0.05) is 37.3 Å². The molecule has 8 heteroatoms. The van der Waals surface area contributed by atoms with E-state index in [1.165, 1.54) is 0 Å². The number of rotatable bonds is 7. The number of carbonyl (C=O) groups excluding carboxylic acids is 1. The van der Waals surface area contributed by atoms with Crippen molar-refractivity contribution in [1.82, 2.24) is 19.4 Å². The minimum Gasteiger partial charge on any atom is -0.342 e. The van der Waals surface area contributed by atoms with Gasteiger partial charge in [0.25, 0.3) is 0 Å². The molecule has 2 aliphatic rings. The molecule has 31 heavy (non-hydrogen) atoms. The van der Waals surface area contributed by atoms with Gasteiger partial charge in [-0.15, -0.1) is 0 Å². The molecule has 4 rings (SSSR count). The van der Waals surface area contributed by atoms with Crippen molar-refractivity contribution in [1.29, 1.82) is 0 Å². The molecule has 3 heterocycles. The van der Waals surface area contributed by atoms with Gasteiger partial charge in [0, 0.05) is 25.6 Å². The third-order valence-electron chi connectivity index (χ3n) is 6.48. The van der Waals surface area contributed by atoms with E-state index in [9.17, 15) is 13.2 Å². The van der Waals surface area contributed by atoms with Crippen LogP contribution in [0.2, 0.25) is 0 Å². The average Bonchev–Trinajstić information content (AvgIpc) is 3.46. The number of piperidine rings is 1. The summed E-state index contributed by atoms with van der Waals surface area (Å²) in [5.74, 6) is 0.476. The number of amides is 1. The second-order valence-electron chi connectivity index (χ2n) is 8.59. The smallest absolute Gasteiger partial charge is 0.228 e. The lowest BCUT2D eigenvalue weighted by molar-refractivity contribution is -0.136. The van der Waals surface area contributed by atoms with Gasteiger partial charge < -0.3 is 9.47 Å². The lowest BCUT2D eigenvalue weighted by Gasteiger charge is -2.33. The molecule has 0 bridgehead atoms. The van der Waals surface area contributed by atoms with Gasteiger partial charge >= 0.3 is 0 Å². The van der Waals surface area contributed by atoms with Crippen molar-refractivity contribution < 1.29 is 13.2 Å². The minimum absolute atomic E-state index is 0.0300. The summed E-state index contributed by atoms with van der Waals surface area (Å²) in [6.07, 6.45) is 5.68. The fourth-order valence-corrected chi connectivity index (χ4v) is 5.58. The summed E-state index contributed by atoms with van der Waals surface area (Å²) in [6.45, 7) is 6.28. The summed E-state index contributed by atoms with van der Waals surface area (Å²) < 4.78 is 27.1. The molecule has 0 spiro atoms. The fourth-order valence-electron chi connectivity index (χ4n) is 4.59. The number of likely N-dealkylation sites (tertiary alicyclic amines) is 2. The van der Waals surface area contributed by atoms with Gasteiger partial charge in [-0.3, -0.25) is 9.69 Å². The quantitative estimate of drug-likeness (QED) is 0.656. The Labute approximate surface area is 185 Å². The van der Waals surface area contributed by atoms with Crippen molar-refractivity contribution in [3.8, 4) is 0 Å². The number of aromatic nitrogens is 2. The van der Waals surface area contributed by atoms with Gasteiger partial charge in [-0.05, 0) is 44.3 Å². The van der Waals surface area contributed by atoms with E-state index in [-0.39, 0.29) is 16.8 Å². The monoisotopic (exact) mass is 444 g/mol. The first kappa shape index (κ1) is 22.0. The van der Waals surface area contributed by atoms with E-state index in [2.05, 4.69) is 9.88 Å². The molecule has 168 valence electrons. The minimum atomic E-state index is -3.42. The normalized spacial score (nSPS) is 18.5. The van der Waals surface area contributed by atoms with Crippen LogP contribution in [0.15, 0.2) is 41.7 Å². The average molecular weight is 445 g/mol. The topological polar surface area (TPSA) is 75.5 Å². The molecule has 2 saturated heterocycles. The molecular formula is C23H32N4O3S. The van der Waals surface area contributed by atoms with E-state index >= 15 is 0 Å². The molecule has 0 saturated carbocycles. The van der Waals surface area contributed by atoms with Crippen LogP contribution in [0.25, 0.3) is 0 Å². The maximum Gasteiger partial charge on any atom is 0.228 e. The van der Waals surface area contributed by atoms with Crippen molar-refractivity contribution in [3.63, 3.8) is 0 Å². The van der Waals surface area contributed by atoms with Crippen LogP contribution >= 0.6 is 0 Å². The molecular weight excluding hydrogens is 412 g/mol. The van der Waals surface area contributed by atoms with Crippen LogP contribution in [0.5, 0.6) is 0 Å². The molecule has 1 aromatic carbocycles. The predicted molar refractivity (Wildman–Crippen MR) is 119 cm³/mol. The summed E-state index contributed by atoms with van der Waals surface area (Å²) in [6, 6.07) is 9.88. The van der Waals surface area contributed by atoms with E-state index in [0.29, 0.717) is 19.0 Å². The highest BCUT2D eigenvalue weighted by molar-refractivity contribution is 7.91. The summed E-state index contributed by atoms with van der Waals surface area (Å²) in [5.41, 5.74) is 1.95. The summed E-state index contributed by atoms with van der Waals surface area (Å²) >= 11 is 0. The van der Waals surface area contributed by atoms with Crippen LogP contribution < -0.4 is 0 Å². The zero-order valence-corrected chi connectivity index (χ0v) is 19.1. The predicted octanol–water partition coefficient (Wildman–Crippen LogP) is 2.56. The van der Waals surface area contributed by atoms with Crippen molar-refractivity contribution in [3.05, 3.63) is 47.8 Å². The zero-order chi connectivity index (χ0) is 21.8. The van der Waals surface area contributed by atoms with Crippen LogP contribution in [-0.2, 0) is 27.7 Å². The molecule has 0 unspecified atom stereocenters. The number of imidazole rings is 1. The van der Waals surface area contributed by atoms with Crippen LogP contribution in [-0.4, -0.2) is 65.6 Å². The van der Waals surface area contributed by atoms with Crippen LogP contribution in [0.1, 0.15) is 43.9 Å². The molecule has 2 fully saturated rings. The Morgan fingerprint density at radius 2 is 1.71 bits per heavy atom. The Morgan fingerprint density at radius 1 is 1.03 bits per heavy atom. The van der Waals surface area contributed by atoms with Gasteiger partial charge in [0.2, 0.25) is 20.9 Å². The third-order valence-corrected chi connectivity index (χ3v) is 8.13. The maximum atomic E-state index is 12.7. The Bertz CT molecular complexity index is 989. The van der Waals surface area contributed by atoms with E-state index in [4.69, 9.17) is 0 Å². The first-order valence-electron chi connectivity index (χ1n) is 11.3. The first-order chi connectivity index (χ1) is 15.0. The van der Waals surface area contributed by atoms with Crippen molar-refractivity contribution in [2.24, 2.45) is 5.92 Å². The number of hydrogen-bond acceptors (Lipinski definition) is 5. The fraction of sp³-hybridized carbons (Fsp3) is 0.565. The lowest BCUT2D eigenvalue weighted by atomic mass is 9.95. The number of sulfone groups is 1. The molecule has 0 radical (unpaired) electrons. The molecule has 0 N–H and O–H groups in total. The highest BCUT2D eigenvalue weighted by Gasteiger charge is 2.30. The standard InChI is InChI=1S/C23H32N4O3S/c1-2-31(29,30)23-24-16-21(27(23)17-19-8-4-3-5-9-19)18-25-14-10-20(11-15-25)22(28)26-12-6-7-13-26/h3-5,8-9,16,20H,2,6-7,10-15,17-18H2,1H3. The van der Waals surface area contributed by atoms with Gasteiger partial charge in [-0.2, -0.15) is 0 Å². The van der Waals surface area contributed by atoms with Crippen LogP contribution in [0.4, 0.5) is 0 Å². The molecule has 2 aromatic rings. The van der Waals surface area contributed by atoms with Crippen LogP contribution in [0, 0.1) is 5.92 Å². The summed E-state index contributed by atoms with van der Waals surface area (Å²) in [4.78, 5) is 21.3. The first-order valence-corrected chi connectivity index (χ1v) is 13.0. The Hall–Kier alpha value is -2.19. The second-order valence-corrected chi connectivity index (χ2v) is 10.8. The van der Waals surface area contributed by atoms with Crippen molar-refractivity contribution in [2.45, 2.75) is 50.9 Å². The molecule has 1 amide bonds. The van der Waals surface area contributed by atoms with Crippen molar-refractivity contribution >= 4 is 15.7 Å². The number of hydrogen-bond donors (Lipinski definition) is 0. The van der Waals surface area contributed by atoms with E-state index in [1.807, 2.05) is 39.8 Å². The summed E-state index contributed by atoms with van der Waals surface area (Å²) in [7, 11) is -3.42. The Balaban J connectivity index is 1.46. The number of nitrogens with zero attached hydrogens (tertiary/aromatic N) is 4.